The maximum atomic E-state index is 12.6. The second-order valence-electron chi connectivity index (χ2n) is 6.32. The average molecular weight is 379 g/mol. The van der Waals surface area contributed by atoms with Crippen LogP contribution in [0.15, 0.2) is 35.9 Å². The van der Waals surface area contributed by atoms with E-state index < -0.39 is 10.8 Å². The molecule has 1 N–H and O–H groups in total. The number of carbonyl (C=O) groups excluding carboxylic acids is 1. The van der Waals surface area contributed by atoms with Gasteiger partial charge in [0.1, 0.15) is 30.5 Å². The fraction of sp³-hybridized carbons (Fsp3) is 0.200. The van der Waals surface area contributed by atoms with Gasteiger partial charge in [-0.15, -0.1) is 0 Å². The number of nitriles is 1. The minimum absolute atomic E-state index is 0.0687. The predicted octanol–water partition coefficient (Wildman–Crippen LogP) is 3.53. The standard InChI is InChI=1S/C20H17N3O5/c1-12-5-13(2)7-14(6-12)8-15(11-21)20(24)22-16-9-18-19(28-4-3-27-18)10-17(16)23(25)26/h5-10H,3-4H2,1-2H3,(H,22,24)/b15-8-. The van der Waals surface area contributed by atoms with Crippen LogP contribution in [0.2, 0.25) is 0 Å². The van der Waals surface area contributed by atoms with Crippen molar-refractivity contribution in [2.75, 3.05) is 18.5 Å². The number of nitro groups is 1. The summed E-state index contributed by atoms with van der Waals surface area (Å²) in [5, 5.41) is 23.2. The molecule has 0 bridgehead atoms. The molecule has 0 fully saturated rings. The molecular weight excluding hydrogens is 362 g/mol. The first kappa shape index (κ1) is 18.9. The van der Waals surface area contributed by atoms with E-state index in [1.165, 1.54) is 18.2 Å². The molecule has 142 valence electrons. The fourth-order valence-corrected chi connectivity index (χ4v) is 2.93. The van der Waals surface area contributed by atoms with Crippen LogP contribution in [0, 0.1) is 35.3 Å². The number of nitro benzene ring substituents is 1. The van der Waals surface area contributed by atoms with Crippen molar-refractivity contribution in [1.82, 2.24) is 0 Å². The number of nitrogens with one attached hydrogen (secondary N) is 1. The molecule has 0 unspecified atom stereocenters. The van der Waals surface area contributed by atoms with E-state index in [1.807, 2.05) is 38.1 Å². The van der Waals surface area contributed by atoms with E-state index in [0.29, 0.717) is 17.9 Å². The second-order valence-corrected chi connectivity index (χ2v) is 6.32. The van der Waals surface area contributed by atoms with Crippen molar-refractivity contribution < 1.29 is 19.2 Å². The van der Waals surface area contributed by atoms with Crippen molar-refractivity contribution in [3.05, 3.63) is 62.7 Å². The quantitative estimate of drug-likeness (QED) is 0.376. The first-order valence-corrected chi connectivity index (χ1v) is 8.47. The van der Waals surface area contributed by atoms with Gasteiger partial charge in [-0.3, -0.25) is 14.9 Å². The van der Waals surface area contributed by atoms with Gasteiger partial charge in [0, 0.05) is 6.07 Å². The summed E-state index contributed by atoms with van der Waals surface area (Å²) in [5.41, 5.74) is 2.09. The number of anilines is 1. The van der Waals surface area contributed by atoms with E-state index in [2.05, 4.69) is 5.32 Å². The Morgan fingerprint density at radius 1 is 1.14 bits per heavy atom. The van der Waals surface area contributed by atoms with Crippen molar-refractivity contribution in [3.63, 3.8) is 0 Å². The molecule has 0 spiro atoms. The largest absolute Gasteiger partial charge is 0.486 e. The van der Waals surface area contributed by atoms with Crippen molar-refractivity contribution in [2.24, 2.45) is 0 Å². The Morgan fingerprint density at radius 2 is 1.75 bits per heavy atom. The highest BCUT2D eigenvalue weighted by Crippen LogP contribution is 2.39. The van der Waals surface area contributed by atoms with Crippen molar-refractivity contribution in [2.45, 2.75) is 13.8 Å². The summed E-state index contributed by atoms with van der Waals surface area (Å²) in [4.78, 5) is 23.3. The van der Waals surface area contributed by atoms with Crippen LogP contribution in [0.4, 0.5) is 11.4 Å². The molecule has 2 aromatic rings. The lowest BCUT2D eigenvalue weighted by Crippen LogP contribution is -2.18. The lowest BCUT2D eigenvalue weighted by Gasteiger charge is -2.19. The third-order valence-corrected chi connectivity index (χ3v) is 4.03. The van der Waals surface area contributed by atoms with Crippen molar-refractivity contribution >= 4 is 23.4 Å². The van der Waals surface area contributed by atoms with E-state index >= 15 is 0 Å². The number of rotatable bonds is 4. The molecule has 3 rings (SSSR count). The zero-order valence-electron chi connectivity index (χ0n) is 15.3. The molecule has 28 heavy (non-hydrogen) atoms. The molecular formula is C20H17N3O5. The molecule has 2 aromatic carbocycles. The summed E-state index contributed by atoms with van der Waals surface area (Å²) in [6, 6.07) is 10.0. The first-order chi connectivity index (χ1) is 13.4. The van der Waals surface area contributed by atoms with Gasteiger partial charge < -0.3 is 14.8 Å². The normalized spacial score (nSPS) is 12.8. The van der Waals surface area contributed by atoms with Crippen molar-refractivity contribution in [3.8, 4) is 17.6 Å². The predicted molar refractivity (Wildman–Crippen MR) is 102 cm³/mol. The molecule has 1 aliphatic heterocycles. The van der Waals surface area contributed by atoms with Gasteiger partial charge >= 0.3 is 0 Å². The van der Waals surface area contributed by atoms with Crippen LogP contribution in [0.25, 0.3) is 6.08 Å². The van der Waals surface area contributed by atoms with Gasteiger partial charge in [0.2, 0.25) is 0 Å². The minimum atomic E-state index is -0.749. The molecule has 0 atom stereocenters. The Balaban J connectivity index is 1.93. The van der Waals surface area contributed by atoms with Crippen LogP contribution in [-0.2, 0) is 4.79 Å². The lowest BCUT2D eigenvalue weighted by molar-refractivity contribution is -0.384. The van der Waals surface area contributed by atoms with Crippen LogP contribution >= 0.6 is 0 Å². The molecule has 1 heterocycles. The number of ether oxygens (including phenoxy) is 2. The molecule has 0 saturated heterocycles. The van der Waals surface area contributed by atoms with E-state index in [-0.39, 0.29) is 29.3 Å². The summed E-state index contributed by atoms with van der Waals surface area (Å²) in [6.07, 6.45) is 1.44. The van der Waals surface area contributed by atoms with E-state index in [9.17, 15) is 20.2 Å². The monoisotopic (exact) mass is 379 g/mol. The van der Waals surface area contributed by atoms with E-state index in [1.54, 1.807) is 0 Å². The first-order valence-electron chi connectivity index (χ1n) is 8.47. The van der Waals surface area contributed by atoms with Gasteiger partial charge in [-0.2, -0.15) is 5.26 Å². The molecule has 8 nitrogen and oxygen atoms in total. The van der Waals surface area contributed by atoms with Gasteiger partial charge in [0.05, 0.1) is 11.0 Å². The van der Waals surface area contributed by atoms with E-state index in [4.69, 9.17) is 9.47 Å². The number of nitrogens with zero attached hydrogens (tertiary/aromatic N) is 2. The average Bonchev–Trinajstić information content (AvgIpc) is 2.64. The Morgan fingerprint density at radius 3 is 2.32 bits per heavy atom. The fourth-order valence-electron chi connectivity index (χ4n) is 2.93. The summed E-state index contributed by atoms with van der Waals surface area (Å²) in [6.45, 7) is 4.41. The highest BCUT2D eigenvalue weighted by molar-refractivity contribution is 6.10. The van der Waals surface area contributed by atoms with Crippen LogP contribution in [-0.4, -0.2) is 24.0 Å². The molecule has 0 saturated carbocycles. The molecule has 0 aliphatic carbocycles. The molecule has 1 amide bonds. The van der Waals surface area contributed by atoms with Gasteiger partial charge in [-0.1, -0.05) is 29.3 Å². The third kappa shape index (κ3) is 4.10. The maximum Gasteiger partial charge on any atom is 0.296 e. The minimum Gasteiger partial charge on any atom is -0.486 e. The third-order valence-electron chi connectivity index (χ3n) is 4.03. The second kappa shape index (κ2) is 7.80. The summed E-state index contributed by atoms with van der Waals surface area (Å²) in [5.74, 6) is -0.215. The Labute approximate surface area is 161 Å². The number of fused-ring (bicyclic) bond motifs is 1. The molecule has 8 heteroatoms. The SMILES string of the molecule is Cc1cc(C)cc(/C=C(/C#N)C(=O)Nc2cc3c(cc2[N+](=O)[O-])OCCO3)c1. The van der Waals surface area contributed by atoms with Crippen LogP contribution in [0.3, 0.4) is 0 Å². The lowest BCUT2D eigenvalue weighted by atomic mass is 10.0. The summed E-state index contributed by atoms with van der Waals surface area (Å²) < 4.78 is 10.7. The Kier molecular flexibility index (Phi) is 5.27. The number of benzene rings is 2. The number of aryl methyl sites for hydroxylation is 2. The zero-order valence-corrected chi connectivity index (χ0v) is 15.3. The highest BCUT2D eigenvalue weighted by atomic mass is 16.6. The number of carbonyl (C=O) groups is 1. The topological polar surface area (TPSA) is 114 Å². The van der Waals surface area contributed by atoms with Gasteiger partial charge in [-0.05, 0) is 25.5 Å². The van der Waals surface area contributed by atoms with Crippen LogP contribution in [0.1, 0.15) is 16.7 Å². The Hall–Kier alpha value is -3.86. The van der Waals surface area contributed by atoms with Gasteiger partial charge in [0.25, 0.3) is 11.6 Å². The maximum absolute atomic E-state index is 12.6. The zero-order chi connectivity index (χ0) is 20.3. The van der Waals surface area contributed by atoms with Gasteiger partial charge in [0.15, 0.2) is 11.5 Å². The molecule has 1 aliphatic rings. The summed E-state index contributed by atoms with van der Waals surface area (Å²) in [7, 11) is 0. The van der Waals surface area contributed by atoms with Crippen LogP contribution in [0.5, 0.6) is 11.5 Å². The number of hydrogen-bond acceptors (Lipinski definition) is 6. The highest BCUT2D eigenvalue weighted by Gasteiger charge is 2.24. The smallest absolute Gasteiger partial charge is 0.296 e. The van der Waals surface area contributed by atoms with E-state index in [0.717, 1.165) is 11.1 Å². The molecule has 0 aromatic heterocycles. The van der Waals surface area contributed by atoms with Gasteiger partial charge in [-0.25, -0.2) is 0 Å². The van der Waals surface area contributed by atoms with Crippen molar-refractivity contribution in [1.29, 1.82) is 5.26 Å². The number of amides is 1. The van der Waals surface area contributed by atoms with Crippen LogP contribution < -0.4 is 14.8 Å². The Bertz CT molecular complexity index is 1020. The summed E-state index contributed by atoms with van der Waals surface area (Å²) >= 11 is 0. The molecule has 0 radical (unpaired) electrons. The number of hydrogen-bond donors (Lipinski definition) is 1.